The molecule has 0 aromatic carbocycles. The molecule has 0 bridgehead atoms. The first-order chi connectivity index (χ1) is 11.8. The molecule has 1 unspecified atom stereocenters. The van der Waals surface area contributed by atoms with E-state index in [1.807, 2.05) is 6.92 Å². The Bertz CT molecular complexity index is 824. The van der Waals surface area contributed by atoms with Crippen LogP contribution >= 0.6 is 0 Å². The summed E-state index contributed by atoms with van der Waals surface area (Å²) in [5, 5.41) is 21.4. The highest BCUT2D eigenvalue weighted by molar-refractivity contribution is 6.00. The lowest BCUT2D eigenvalue weighted by atomic mass is 10.2. The predicted octanol–water partition coefficient (Wildman–Crippen LogP) is 1.30. The molecular weight excluding hydrogens is 332 g/mol. The molecule has 0 aliphatic rings. The Hall–Kier alpha value is -3.24. The maximum Gasteiger partial charge on any atom is 0.360 e. The fraction of sp³-hybridized carbons (Fsp3) is 0.429. The Morgan fingerprint density at radius 1 is 1.48 bits per heavy atom. The van der Waals surface area contributed by atoms with E-state index in [0.717, 1.165) is 6.20 Å². The van der Waals surface area contributed by atoms with Crippen LogP contribution in [0.1, 0.15) is 36.1 Å². The van der Waals surface area contributed by atoms with Gasteiger partial charge in [-0.3, -0.25) is 24.3 Å². The summed E-state index contributed by atoms with van der Waals surface area (Å²) >= 11 is 0. The van der Waals surface area contributed by atoms with E-state index >= 15 is 0 Å². The number of nitro groups is 1. The predicted molar refractivity (Wildman–Crippen MR) is 86.2 cm³/mol. The van der Waals surface area contributed by atoms with Gasteiger partial charge in [0, 0.05) is 12.7 Å². The van der Waals surface area contributed by atoms with Crippen molar-refractivity contribution in [2.24, 2.45) is 0 Å². The standard InChI is InChI=1S/C14H18N6O5/c1-5-18-7-10(12(17-18)14(22)25-4)16-13(21)9(3)19-8(2)11(6-15-19)20(23)24/h6-7,9H,5H2,1-4H3,(H,16,21). The van der Waals surface area contributed by atoms with Crippen molar-refractivity contribution < 1.29 is 19.2 Å². The SMILES string of the molecule is CCn1cc(NC(=O)C(C)n2ncc([N+](=O)[O-])c2C)c(C(=O)OC)n1. The lowest BCUT2D eigenvalue weighted by Gasteiger charge is -2.13. The van der Waals surface area contributed by atoms with E-state index in [1.54, 1.807) is 6.92 Å². The number of hydrogen-bond acceptors (Lipinski definition) is 7. The van der Waals surface area contributed by atoms with E-state index in [9.17, 15) is 19.7 Å². The van der Waals surface area contributed by atoms with Crippen LogP contribution in [0.4, 0.5) is 11.4 Å². The van der Waals surface area contributed by atoms with Gasteiger partial charge in [-0.05, 0) is 20.8 Å². The van der Waals surface area contributed by atoms with Gasteiger partial charge in [0.15, 0.2) is 5.69 Å². The number of aryl methyl sites for hydroxylation is 1. The highest BCUT2D eigenvalue weighted by atomic mass is 16.6. The minimum atomic E-state index is -0.829. The Morgan fingerprint density at radius 2 is 2.16 bits per heavy atom. The third kappa shape index (κ3) is 3.49. The van der Waals surface area contributed by atoms with E-state index in [2.05, 4.69) is 20.3 Å². The Labute approximate surface area is 142 Å². The quantitative estimate of drug-likeness (QED) is 0.471. The fourth-order valence-electron chi connectivity index (χ4n) is 2.25. The molecule has 0 spiro atoms. The Kier molecular flexibility index (Phi) is 5.15. The molecule has 2 aromatic rings. The molecule has 11 nitrogen and oxygen atoms in total. The van der Waals surface area contributed by atoms with Gasteiger partial charge >= 0.3 is 11.7 Å². The molecule has 2 aromatic heterocycles. The topological polar surface area (TPSA) is 134 Å². The van der Waals surface area contributed by atoms with Crippen molar-refractivity contribution in [1.82, 2.24) is 19.6 Å². The molecular formula is C14H18N6O5. The summed E-state index contributed by atoms with van der Waals surface area (Å²) in [5.41, 5.74) is 0.261. The molecule has 2 heterocycles. The van der Waals surface area contributed by atoms with Crippen LogP contribution in [0.15, 0.2) is 12.4 Å². The Morgan fingerprint density at radius 3 is 2.68 bits per heavy atom. The molecule has 1 atom stereocenters. The van der Waals surface area contributed by atoms with E-state index in [0.29, 0.717) is 6.54 Å². The summed E-state index contributed by atoms with van der Waals surface area (Å²) in [4.78, 5) is 34.6. The van der Waals surface area contributed by atoms with Gasteiger partial charge in [-0.1, -0.05) is 0 Å². The molecule has 1 amide bonds. The van der Waals surface area contributed by atoms with Crippen molar-refractivity contribution in [2.45, 2.75) is 33.4 Å². The second kappa shape index (κ2) is 7.11. The minimum Gasteiger partial charge on any atom is -0.464 e. The summed E-state index contributed by atoms with van der Waals surface area (Å²) in [6.45, 7) is 5.37. The fourth-order valence-corrected chi connectivity index (χ4v) is 2.25. The molecule has 1 N–H and O–H groups in total. The number of nitrogens with one attached hydrogen (secondary N) is 1. The van der Waals surface area contributed by atoms with E-state index in [-0.39, 0.29) is 22.8 Å². The van der Waals surface area contributed by atoms with Crippen LogP contribution in [0.3, 0.4) is 0 Å². The Balaban J connectivity index is 2.26. The number of nitrogens with zero attached hydrogens (tertiary/aromatic N) is 5. The normalized spacial score (nSPS) is 11.8. The van der Waals surface area contributed by atoms with Gasteiger partial charge in [0.25, 0.3) is 0 Å². The van der Waals surface area contributed by atoms with Gasteiger partial charge in [0.1, 0.15) is 17.9 Å². The second-order valence-corrected chi connectivity index (χ2v) is 5.22. The van der Waals surface area contributed by atoms with Crippen molar-refractivity contribution in [1.29, 1.82) is 0 Å². The van der Waals surface area contributed by atoms with Crippen molar-refractivity contribution in [3.8, 4) is 0 Å². The second-order valence-electron chi connectivity index (χ2n) is 5.22. The third-order valence-corrected chi connectivity index (χ3v) is 3.68. The average Bonchev–Trinajstić information content (AvgIpc) is 3.16. The molecule has 0 fully saturated rings. The molecule has 0 radical (unpaired) electrons. The molecule has 0 saturated carbocycles. The van der Waals surface area contributed by atoms with Gasteiger partial charge < -0.3 is 10.1 Å². The van der Waals surface area contributed by atoms with Crippen LogP contribution in [-0.4, -0.2) is 43.5 Å². The first-order valence-corrected chi connectivity index (χ1v) is 7.45. The summed E-state index contributed by atoms with van der Waals surface area (Å²) in [7, 11) is 1.22. The van der Waals surface area contributed by atoms with E-state index < -0.39 is 22.8 Å². The first-order valence-electron chi connectivity index (χ1n) is 7.45. The number of carbonyl (C=O) groups is 2. The number of carbonyl (C=O) groups excluding carboxylic acids is 2. The minimum absolute atomic E-state index is 0.0203. The zero-order chi connectivity index (χ0) is 18.7. The molecule has 0 saturated heterocycles. The molecule has 0 aliphatic heterocycles. The number of esters is 1. The van der Waals surface area contributed by atoms with Gasteiger partial charge in [-0.15, -0.1) is 0 Å². The summed E-state index contributed by atoms with van der Waals surface area (Å²) in [5.74, 6) is -1.18. The highest BCUT2D eigenvalue weighted by Crippen LogP contribution is 2.22. The lowest BCUT2D eigenvalue weighted by molar-refractivity contribution is -0.385. The molecule has 2 rings (SSSR count). The van der Waals surface area contributed by atoms with Crippen LogP contribution in [0.2, 0.25) is 0 Å². The van der Waals surface area contributed by atoms with Crippen molar-refractivity contribution in [2.75, 3.05) is 12.4 Å². The summed E-state index contributed by atoms with van der Waals surface area (Å²) in [6, 6.07) is -0.829. The smallest absolute Gasteiger partial charge is 0.360 e. The number of hydrogen-bond donors (Lipinski definition) is 1. The van der Waals surface area contributed by atoms with Gasteiger partial charge in [0.2, 0.25) is 5.91 Å². The first kappa shape index (κ1) is 18.1. The number of aromatic nitrogens is 4. The van der Waals surface area contributed by atoms with E-state index in [4.69, 9.17) is 0 Å². The number of ether oxygens (including phenoxy) is 1. The van der Waals surface area contributed by atoms with Crippen LogP contribution in [-0.2, 0) is 16.1 Å². The van der Waals surface area contributed by atoms with Gasteiger partial charge in [-0.25, -0.2) is 4.79 Å². The van der Waals surface area contributed by atoms with Crippen LogP contribution in [0, 0.1) is 17.0 Å². The summed E-state index contributed by atoms with van der Waals surface area (Å²) < 4.78 is 7.38. The van der Waals surface area contributed by atoms with Crippen molar-refractivity contribution >= 4 is 23.3 Å². The van der Waals surface area contributed by atoms with Crippen LogP contribution in [0.25, 0.3) is 0 Å². The average molecular weight is 350 g/mol. The molecule has 134 valence electrons. The maximum absolute atomic E-state index is 12.5. The monoisotopic (exact) mass is 350 g/mol. The summed E-state index contributed by atoms with van der Waals surface area (Å²) in [6.07, 6.45) is 2.60. The zero-order valence-corrected chi connectivity index (χ0v) is 14.2. The zero-order valence-electron chi connectivity index (χ0n) is 14.2. The molecule has 0 aliphatic carbocycles. The maximum atomic E-state index is 12.5. The number of anilines is 1. The lowest BCUT2D eigenvalue weighted by Crippen LogP contribution is -2.26. The molecule has 11 heteroatoms. The number of rotatable bonds is 6. The highest BCUT2D eigenvalue weighted by Gasteiger charge is 2.26. The number of amides is 1. The van der Waals surface area contributed by atoms with Gasteiger partial charge in [0.05, 0.1) is 17.7 Å². The van der Waals surface area contributed by atoms with Gasteiger partial charge in [-0.2, -0.15) is 10.2 Å². The largest absolute Gasteiger partial charge is 0.464 e. The van der Waals surface area contributed by atoms with Crippen molar-refractivity contribution in [3.63, 3.8) is 0 Å². The third-order valence-electron chi connectivity index (χ3n) is 3.68. The molecule has 25 heavy (non-hydrogen) atoms. The van der Waals surface area contributed by atoms with Crippen LogP contribution in [0.5, 0.6) is 0 Å². The van der Waals surface area contributed by atoms with Crippen LogP contribution < -0.4 is 5.32 Å². The number of methoxy groups -OCH3 is 1. The van der Waals surface area contributed by atoms with Crippen molar-refractivity contribution in [3.05, 3.63) is 33.9 Å². The van der Waals surface area contributed by atoms with E-state index in [1.165, 1.54) is 29.6 Å².